The van der Waals surface area contributed by atoms with E-state index < -0.39 is 0 Å². The zero-order valence-corrected chi connectivity index (χ0v) is 15.8. The van der Waals surface area contributed by atoms with Gasteiger partial charge in [0.1, 0.15) is 5.56 Å². The van der Waals surface area contributed by atoms with Gasteiger partial charge in [-0.05, 0) is 49.2 Å². The van der Waals surface area contributed by atoms with Crippen LogP contribution in [0.25, 0.3) is 5.65 Å². The lowest BCUT2D eigenvalue weighted by Crippen LogP contribution is -2.33. The number of methoxy groups -OCH3 is 1. The lowest BCUT2D eigenvalue weighted by Gasteiger charge is -2.22. The van der Waals surface area contributed by atoms with Gasteiger partial charge in [0.05, 0.1) is 12.3 Å². The predicted molar refractivity (Wildman–Crippen MR) is 98.1 cm³/mol. The number of hydrogen-bond acceptors (Lipinski definition) is 5. The zero-order chi connectivity index (χ0) is 18.0. The summed E-state index contributed by atoms with van der Waals surface area (Å²) >= 11 is 1.63. The number of thiophene rings is 1. The van der Waals surface area contributed by atoms with E-state index in [4.69, 9.17) is 4.74 Å². The smallest absolute Gasteiger partial charge is 0.260 e. The molecule has 0 aliphatic carbocycles. The number of fused-ring (bicyclic) bond motifs is 1. The van der Waals surface area contributed by atoms with Gasteiger partial charge < -0.3 is 9.64 Å². The van der Waals surface area contributed by atoms with E-state index in [9.17, 15) is 4.79 Å². The van der Waals surface area contributed by atoms with Crippen LogP contribution in [0, 0.1) is 20.8 Å². The molecule has 7 heteroatoms. The molecule has 132 valence electrons. The van der Waals surface area contributed by atoms with Crippen molar-refractivity contribution in [3.63, 3.8) is 0 Å². The van der Waals surface area contributed by atoms with Crippen LogP contribution in [-0.4, -0.2) is 45.7 Å². The van der Waals surface area contributed by atoms with Crippen LogP contribution in [0.3, 0.4) is 0 Å². The molecule has 0 spiro atoms. The molecule has 3 heterocycles. The Hall–Kier alpha value is -2.25. The molecule has 0 unspecified atom stereocenters. The minimum Gasteiger partial charge on any atom is -0.383 e. The standard InChI is InChI=1S/C18H22N4O2S/c1-12-9-13(2)22-17(19-12)16(14(3)20-22)18(23)21(6-7-24-4)10-15-5-8-25-11-15/h5,8-9,11H,6-7,10H2,1-4H3. The summed E-state index contributed by atoms with van der Waals surface area (Å²) in [6, 6.07) is 4.00. The Balaban J connectivity index is 2.01. The van der Waals surface area contributed by atoms with Crippen molar-refractivity contribution in [1.29, 1.82) is 0 Å². The van der Waals surface area contributed by atoms with E-state index in [1.165, 1.54) is 0 Å². The van der Waals surface area contributed by atoms with Crippen LogP contribution < -0.4 is 0 Å². The van der Waals surface area contributed by atoms with Gasteiger partial charge in [-0.1, -0.05) is 0 Å². The Bertz CT molecular complexity index is 886. The first-order valence-electron chi connectivity index (χ1n) is 8.14. The van der Waals surface area contributed by atoms with Crippen LogP contribution in [0.15, 0.2) is 22.9 Å². The zero-order valence-electron chi connectivity index (χ0n) is 14.9. The molecule has 0 saturated carbocycles. The molecule has 3 aromatic rings. The SMILES string of the molecule is COCCN(Cc1ccsc1)C(=O)c1c(C)nn2c(C)cc(C)nc12. The van der Waals surface area contributed by atoms with E-state index in [2.05, 4.69) is 15.5 Å². The average molecular weight is 358 g/mol. The summed E-state index contributed by atoms with van der Waals surface area (Å²) in [7, 11) is 1.64. The number of hydrogen-bond donors (Lipinski definition) is 0. The van der Waals surface area contributed by atoms with E-state index in [1.807, 2.05) is 38.3 Å². The second kappa shape index (κ2) is 7.33. The van der Waals surface area contributed by atoms with Crippen molar-refractivity contribution >= 4 is 22.9 Å². The molecule has 0 atom stereocenters. The maximum Gasteiger partial charge on any atom is 0.260 e. The first kappa shape index (κ1) is 17.6. The Morgan fingerprint density at radius 1 is 1.36 bits per heavy atom. The summed E-state index contributed by atoms with van der Waals surface area (Å²) in [6.07, 6.45) is 0. The third-order valence-corrected chi connectivity index (χ3v) is 4.82. The normalized spacial score (nSPS) is 11.2. The van der Waals surface area contributed by atoms with Gasteiger partial charge >= 0.3 is 0 Å². The molecule has 6 nitrogen and oxygen atoms in total. The van der Waals surface area contributed by atoms with E-state index in [0.29, 0.717) is 36.6 Å². The maximum absolute atomic E-state index is 13.3. The summed E-state index contributed by atoms with van der Waals surface area (Å²) < 4.78 is 6.93. The Morgan fingerprint density at radius 2 is 2.16 bits per heavy atom. The molecule has 0 radical (unpaired) electrons. The number of aryl methyl sites for hydroxylation is 3. The highest BCUT2D eigenvalue weighted by Gasteiger charge is 2.24. The second-order valence-electron chi connectivity index (χ2n) is 6.09. The van der Waals surface area contributed by atoms with Crippen LogP contribution in [0.2, 0.25) is 0 Å². The van der Waals surface area contributed by atoms with Crippen LogP contribution in [0.5, 0.6) is 0 Å². The van der Waals surface area contributed by atoms with Gasteiger partial charge in [-0.3, -0.25) is 4.79 Å². The quantitative estimate of drug-likeness (QED) is 0.680. The number of ether oxygens (including phenoxy) is 1. The van der Waals surface area contributed by atoms with Gasteiger partial charge in [-0.25, -0.2) is 9.50 Å². The number of carbonyl (C=O) groups is 1. The van der Waals surface area contributed by atoms with E-state index in [-0.39, 0.29) is 5.91 Å². The molecule has 0 N–H and O–H groups in total. The van der Waals surface area contributed by atoms with Crippen molar-refractivity contribution in [1.82, 2.24) is 19.5 Å². The molecule has 0 aromatic carbocycles. The third-order valence-electron chi connectivity index (χ3n) is 4.09. The second-order valence-corrected chi connectivity index (χ2v) is 6.87. The maximum atomic E-state index is 13.3. The lowest BCUT2D eigenvalue weighted by atomic mass is 10.2. The summed E-state index contributed by atoms with van der Waals surface area (Å²) in [5.41, 5.74) is 4.83. The molecular formula is C18H22N4O2S. The van der Waals surface area contributed by atoms with Crippen LogP contribution in [0.4, 0.5) is 0 Å². The highest BCUT2D eigenvalue weighted by atomic mass is 32.1. The number of nitrogens with zero attached hydrogens (tertiary/aromatic N) is 4. The van der Waals surface area contributed by atoms with E-state index in [0.717, 1.165) is 17.0 Å². The van der Waals surface area contributed by atoms with Crippen molar-refractivity contribution in [3.8, 4) is 0 Å². The highest BCUT2D eigenvalue weighted by Crippen LogP contribution is 2.20. The Kier molecular flexibility index (Phi) is 5.15. The first-order chi connectivity index (χ1) is 12.0. The summed E-state index contributed by atoms with van der Waals surface area (Å²) in [6.45, 7) is 7.31. The van der Waals surface area contributed by atoms with Crippen LogP contribution in [-0.2, 0) is 11.3 Å². The van der Waals surface area contributed by atoms with Gasteiger partial charge in [0.15, 0.2) is 5.65 Å². The van der Waals surface area contributed by atoms with Crippen molar-refractivity contribution in [2.75, 3.05) is 20.3 Å². The first-order valence-corrected chi connectivity index (χ1v) is 9.08. The molecular weight excluding hydrogens is 336 g/mol. The van der Waals surface area contributed by atoms with Gasteiger partial charge in [0.2, 0.25) is 0 Å². The third kappa shape index (κ3) is 3.57. The van der Waals surface area contributed by atoms with Crippen molar-refractivity contribution in [2.45, 2.75) is 27.3 Å². The number of aromatic nitrogens is 3. The number of rotatable bonds is 6. The molecule has 3 aromatic heterocycles. The molecule has 0 fully saturated rings. The van der Waals surface area contributed by atoms with Gasteiger partial charge in [-0.15, -0.1) is 0 Å². The summed E-state index contributed by atoms with van der Waals surface area (Å²) in [4.78, 5) is 19.6. The van der Waals surface area contributed by atoms with Crippen molar-refractivity contribution < 1.29 is 9.53 Å². The Labute approximate surface area is 151 Å². The van der Waals surface area contributed by atoms with Crippen molar-refractivity contribution in [3.05, 3.63) is 51.1 Å². The van der Waals surface area contributed by atoms with E-state index >= 15 is 0 Å². The van der Waals surface area contributed by atoms with Crippen LogP contribution in [0.1, 0.15) is 33.0 Å². The fraction of sp³-hybridized carbons (Fsp3) is 0.389. The van der Waals surface area contributed by atoms with Gasteiger partial charge in [0.25, 0.3) is 5.91 Å². The average Bonchev–Trinajstić information content (AvgIpc) is 3.18. The van der Waals surface area contributed by atoms with Crippen molar-refractivity contribution in [2.24, 2.45) is 0 Å². The predicted octanol–water partition coefficient (Wildman–Crippen LogP) is 3.00. The van der Waals surface area contributed by atoms with E-state index in [1.54, 1.807) is 27.9 Å². The van der Waals surface area contributed by atoms with Crippen LogP contribution >= 0.6 is 11.3 Å². The lowest BCUT2D eigenvalue weighted by molar-refractivity contribution is 0.0681. The molecule has 25 heavy (non-hydrogen) atoms. The number of amides is 1. The molecule has 0 bridgehead atoms. The summed E-state index contributed by atoms with van der Waals surface area (Å²) in [5.74, 6) is -0.0618. The Morgan fingerprint density at radius 3 is 2.84 bits per heavy atom. The molecule has 0 aliphatic heterocycles. The molecule has 0 aliphatic rings. The minimum absolute atomic E-state index is 0.0618. The monoisotopic (exact) mass is 358 g/mol. The number of carbonyl (C=O) groups excluding carboxylic acids is 1. The minimum atomic E-state index is -0.0618. The topological polar surface area (TPSA) is 59.7 Å². The summed E-state index contributed by atoms with van der Waals surface area (Å²) in [5, 5.41) is 8.59. The van der Waals surface area contributed by atoms with Gasteiger partial charge in [0, 0.05) is 31.6 Å². The highest BCUT2D eigenvalue weighted by molar-refractivity contribution is 7.07. The molecule has 3 rings (SSSR count). The molecule has 0 saturated heterocycles. The molecule has 1 amide bonds. The van der Waals surface area contributed by atoms with Gasteiger partial charge in [-0.2, -0.15) is 16.4 Å². The fourth-order valence-corrected chi connectivity index (χ4v) is 3.55. The largest absolute Gasteiger partial charge is 0.383 e. The fourth-order valence-electron chi connectivity index (χ4n) is 2.89.